The minimum Gasteiger partial charge on any atom is -0.294 e. The molecule has 296 valence electrons. The van der Waals surface area contributed by atoms with Crippen LogP contribution in [0.5, 0.6) is 11.5 Å². The van der Waals surface area contributed by atoms with E-state index in [-0.39, 0.29) is 11.4 Å². The first-order valence-corrected chi connectivity index (χ1v) is 15.2. The van der Waals surface area contributed by atoms with Crippen LogP contribution >= 0.6 is 0 Å². The van der Waals surface area contributed by atoms with Crippen LogP contribution < -0.4 is 9.88 Å². The van der Waals surface area contributed by atoms with Gasteiger partial charge >= 0.3 is 0 Å². The van der Waals surface area contributed by atoms with E-state index in [0.29, 0.717) is 35.5 Å². The van der Waals surface area contributed by atoms with E-state index in [1.54, 1.807) is 37.6 Å². The zero-order valence-electron chi connectivity index (χ0n) is 28.4. The molecule has 0 atom stereocenters. The molecule has 0 saturated carbocycles. The first-order chi connectivity index (χ1) is 26.5. The summed E-state index contributed by atoms with van der Waals surface area (Å²) in [5.74, 6) is -14.1. The van der Waals surface area contributed by atoms with Crippen molar-refractivity contribution >= 4 is 0 Å². The maximum Gasteiger partial charge on any atom is 0.194 e. The molecule has 6 aromatic rings. The van der Waals surface area contributed by atoms with Crippen molar-refractivity contribution in [3.05, 3.63) is 160 Å². The van der Waals surface area contributed by atoms with Gasteiger partial charge in [-0.15, -0.1) is 0 Å². The largest absolute Gasteiger partial charge is 0.294 e. The van der Waals surface area contributed by atoms with E-state index < -0.39 is 94.1 Å². The highest BCUT2D eigenvalue weighted by Gasteiger charge is 2.15. The van der Waals surface area contributed by atoms with Gasteiger partial charge in [0.15, 0.2) is 52.2 Å². The third kappa shape index (κ3) is 11.9. The minimum absolute atomic E-state index is 0.192. The number of benzene rings is 4. The highest BCUT2D eigenvalue weighted by molar-refractivity contribution is 5.60. The van der Waals surface area contributed by atoms with Crippen LogP contribution in [-0.4, -0.2) is 15.0 Å². The van der Waals surface area contributed by atoms with Crippen LogP contribution in [0.4, 0.5) is 61.7 Å². The minimum atomic E-state index is -1.65. The topological polar surface area (TPSA) is 57.1 Å². The third-order valence-corrected chi connectivity index (χ3v) is 6.89. The maximum absolute atomic E-state index is 13.4. The van der Waals surface area contributed by atoms with Gasteiger partial charge in [0.25, 0.3) is 0 Å². The summed E-state index contributed by atoms with van der Waals surface area (Å²) in [6.07, 6.45) is 4.69. The summed E-state index contributed by atoms with van der Waals surface area (Å²) in [5.41, 5.74) is 1.64. The molecule has 19 heteroatoms. The molecule has 0 aliphatic rings. The van der Waals surface area contributed by atoms with Crippen LogP contribution in [0.15, 0.2) is 79.3 Å². The highest BCUT2D eigenvalue weighted by Crippen LogP contribution is 2.25. The average molecular weight is 808 g/mol. The molecule has 4 aromatic carbocycles. The Morgan fingerprint density at radius 1 is 0.446 bits per heavy atom. The van der Waals surface area contributed by atoms with Crippen LogP contribution in [0.3, 0.4) is 0 Å². The molecule has 0 fully saturated rings. The first-order valence-electron chi connectivity index (χ1n) is 15.2. The molecule has 0 bridgehead atoms. The molecule has 0 N–H and O–H groups in total. The molecule has 0 radical (unpaired) electrons. The van der Waals surface area contributed by atoms with Gasteiger partial charge in [0.05, 0.1) is 16.8 Å². The molecule has 5 nitrogen and oxygen atoms in total. The number of hydrogen-bond acceptors (Lipinski definition) is 5. The van der Waals surface area contributed by atoms with Crippen LogP contribution in [0.2, 0.25) is 0 Å². The Morgan fingerprint density at radius 3 is 1.12 bits per heavy atom. The molecule has 0 aliphatic carbocycles. The van der Waals surface area contributed by atoms with Crippen LogP contribution in [-0.2, 0) is 13.3 Å². The van der Waals surface area contributed by atoms with Gasteiger partial charge < -0.3 is 0 Å². The normalized spacial score (nSPS) is 10.3. The fraction of sp³-hybridized carbons (Fsp3) is 0.108. The molecule has 0 amide bonds. The van der Waals surface area contributed by atoms with Gasteiger partial charge in [0.1, 0.15) is 36.6 Å². The number of nitrogens with zero attached hydrogens (tertiary/aromatic N) is 3. The smallest absolute Gasteiger partial charge is 0.194 e. The highest BCUT2D eigenvalue weighted by atomic mass is 19.3. The Balaban J connectivity index is 0.000000205. The summed E-state index contributed by atoms with van der Waals surface area (Å²) in [6.45, 7) is 1.34. The molecule has 0 unspecified atom stereocenters. The Kier molecular flexibility index (Phi) is 16.1. The molecule has 0 saturated heterocycles. The number of pyridine rings is 1. The molecule has 0 aliphatic heterocycles. The predicted molar refractivity (Wildman–Crippen MR) is 172 cm³/mol. The van der Waals surface area contributed by atoms with Crippen molar-refractivity contribution in [3.8, 4) is 34.1 Å². The molecule has 0 spiro atoms. The third-order valence-electron chi connectivity index (χ3n) is 6.89. The molecule has 2 aromatic heterocycles. The molecular formula is C37H23F14N3O2. The number of aryl methyl sites for hydroxylation is 2. The summed E-state index contributed by atoms with van der Waals surface area (Å²) < 4.78 is 174. The van der Waals surface area contributed by atoms with Gasteiger partial charge in [-0.05, 0) is 55.3 Å². The first kappa shape index (κ1) is 44.1. The van der Waals surface area contributed by atoms with Gasteiger partial charge in [0, 0.05) is 63.0 Å². The maximum atomic E-state index is 13.4. The summed E-state index contributed by atoms with van der Waals surface area (Å²) in [7, 11) is 0. The van der Waals surface area contributed by atoms with Crippen molar-refractivity contribution in [1.82, 2.24) is 15.0 Å². The zero-order chi connectivity index (χ0) is 41.7. The zero-order valence-corrected chi connectivity index (χ0v) is 28.4. The summed E-state index contributed by atoms with van der Waals surface area (Å²) in [5, 5.41) is 0. The van der Waals surface area contributed by atoms with Crippen LogP contribution in [0.25, 0.3) is 22.6 Å². The van der Waals surface area contributed by atoms with Gasteiger partial charge in [0.2, 0.25) is 0 Å². The van der Waals surface area contributed by atoms with E-state index in [1.807, 2.05) is 6.92 Å². The lowest BCUT2D eigenvalue weighted by Gasteiger charge is -2.05. The Hall–Kier alpha value is -6.27. The number of alkyl halides is 2. The van der Waals surface area contributed by atoms with Crippen molar-refractivity contribution < 1.29 is 71.6 Å². The van der Waals surface area contributed by atoms with Crippen molar-refractivity contribution in [2.24, 2.45) is 0 Å². The van der Waals surface area contributed by atoms with E-state index in [4.69, 9.17) is 0 Å². The SMILES string of the molecule is Cc1ccc(-c2cc(F)c(CF)c(F)c2)nc1.Cc1cnc(-c2cc(F)c(CF)c(F)c2)nc1.FOc1cc(F)c(F)c(F)c1.FOc1cc(F)c(F)c(F)c1. The fourth-order valence-electron chi connectivity index (χ4n) is 4.07. The van der Waals surface area contributed by atoms with E-state index >= 15 is 0 Å². The molecule has 56 heavy (non-hydrogen) atoms. The lowest BCUT2D eigenvalue weighted by Crippen LogP contribution is -1.96. The quantitative estimate of drug-likeness (QED) is 0.124. The fourth-order valence-corrected chi connectivity index (χ4v) is 4.07. The van der Waals surface area contributed by atoms with Crippen molar-refractivity contribution in [3.63, 3.8) is 0 Å². The standard InChI is InChI=1S/C13H10F3N.C12H9F3N2.2C6H2F4O/c1-8-2-3-13(17-7-8)9-4-11(15)10(6-14)12(16)5-9;1-7-5-16-12(17-6-7)8-2-10(14)9(4-13)11(15)3-8;2*7-4-1-3(11-10)2-5(8)6(4)9/h2-5,7H,6H2,1H3;2-3,5-6H,4H2,1H3;2*1-2H. The van der Waals surface area contributed by atoms with E-state index in [0.717, 1.165) is 35.4 Å². The van der Waals surface area contributed by atoms with Crippen LogP contribution in [0, 0.1) is 72.0 Å². The van der Waals surface area contributed by atoms with Gasteiger partial charge in [-0.3, -0.25) is 14.9 Å². The number of halogens is 14. The Morgan fingerprint density at radius 2 is 0.804 bits per heavy atom. The van der Waals surface area contributed by atoms with Crippen LogP contribution in [0.1, 0.15) is 22.3 Å². The summed E-state index contributed by atoms with van der Waals surface area (Å²) >= 11 is 0. The van der Waals surface area contributed by atoms with Crippen molar-refractivity contribution in [1.29, 1.82) is 0 Å². The Bertz CT molecular complexity index is 1990. The van der Waals surface area contributed by atoms with E-state index in [2.05, 4.69) is 24.8 Å². The Labute approximate surface area is 307 Å². The lowest BCUT2D eigenvalue weighted by molar-refractivity contribution is -0.00711. The second kappa shape index (κ2) is 20.4. The van der Waals surface area contributed by atoms with E-state index in [1.165, 1.54) is 0 Å². The van der Waals surface area contributed by atoms with Gasteiger partial charge in [-0.2, -0.15) is 0 Å². The van der Waals surface area contributed by atoms with Crippen molar-refractivity contribution in [2.75, 3.05) is 0 Å². The van der Waals surface area contributed by atoms with E-state index in [9.17, 15) is 61.7 Å². The molecule has 6 rings (SSSR count). The van der Waals surface area contributed by atoms with Gasteiger partial charge in [-0.1, -0.05) is 6.07 Å². The second-order valence-electron chi connectivity index (χ2n) is 11.0. The molecular weight excluding hydrogens is 784 g/mol. The number of aromatic nitrogens is 3. The second-order valence-corrected chi connectivity index (χ2v) is 11.0. The summed E-state index contributed by atoms with van der Waals surface area (Å²) in [4.78, 5) is 17.9. The van der Waals surface area contributed by atoms with Gasteiger partial charge in [-0.25, -0.2) is 62.7 Å². The van der Waals surface area contributed by atoms with Crippen molar-refractivity contribution in [2.45, 2.75) is 27.2 Å². The monoisotopic (exact) mass is 807 g/mol. The number of hydrogen-bond donors (Lipinski definition) is 0. The predicted octanol–water partition coefficient (Wildman–Crippen LogP) is 11.7. The average Bonchev–Trinajstić information content (AvgIpc) is 3.16. The number of rotatable bonds is 6. The molecule has 2 heterocycles. The summed E-state index contributed by atoms with van der Waals surface area (Å²) in [6, 6.07) is 9.31. The lowest BCUT2D eigenvalue weighted by atomic mass is 10.1.